The second kappa shape index (κ2) is 7.11. The Balaban J connectivity index is 1.76. The van der Waals surface area contributed by atoms with Crippen LogP contribution in [0.5, 0.6) is 0 Å². The minimum Gasteiger partial charge on any atom is -0.347 e. The lowest BCUT2D eigenvalue weighted by Gasteiger charge is -2.38. The number of rotatable bonds is 3. The normalized spacial score (nSPS) is 21.9. The van der Waals surface area contributed by atoms with E-state index in [4.69, 9.17) is 0 Å². The van der Waals surface area contributed by atoms with Gasteiger partial charge in [-0.3, -0.25) is 14.5 Å². The molecule has 8 nitrogen and oxygen atoms in total. The fraction of sp³-hybridized carbons (Fsp3) is 0.765. The number of amides is 2. The van der Waals surface area contributed by atoms with E-state index in [1.54, 1.807) is 23.9 Å². The Morgan fingerprint density at radius 3 is 2.52 bits per heavy atom. The van der Waals surface area contributed by atoms with E-state index in [9.17, 15) is 9.59 Å². The average molecular weight is 348 g/mol. The lowest BCUT2D eigenvalue weighted by atomic mass is 9.99. The molecule has 0 N–H and O–H groups in total. The molecule has 138 valence electrons. The summed E-state index contributed by atoms with van der Waals surface area (Å²) in [6.07, 6.45) is 2.25. The Labute approximate surface area is 148 Å². The number of aromatic nitrogens is 3. The van der Waals surface area contributed by atoms with Crippen LogP contribution in [-0.4, -0.2) is 81.1 Å². The SMILES string of the molecule is Cc1nnc2n1CC(C(=O)N(C)C)N(C(=O)CN1CCC(C)CC1)C2. The Morgan fingerprint density at radius 1 is 1.20 bits per heavy atom. The number of piperidine rings is 1. The van der Waals surface area contributed by atoms with Gasteiger partial charge in [0.25, 0.3) is 0 Å². The average Bonchev–Trinajstić information content (AvgIpc) is 2.95. The number of aryl methyl sites for hydroxylation is 1. The third-order valence-corrected chi connectivity index (χ3v) is 5.34. The smallest absolute Gasteiger partial charge is 0.246 e. The molecule has 0 saturated carbocycles. The minimum absolute atomic E-state index is 0.00153. The van der Waals surface area contributed by atoms with Gasteiger partial charge in [0.05, 0.1) is 19.6 Å². The van der Waals surface area contributed by atoms with Gasteiger partial charge in [0.15, 0.2) is 5.82 Å². The summed E-state index contributed by atoms with van der Waals surface area (Å²) in [5.74, 6) is 2.21. The molecule has 1 saturated heterocycles. The van der Waals surface area contributed by atoms with Crippen LogP contribution < -0.4 is 0 Å². The second-order valence-electron chi connectivity index (χ2n) is 7.50. The zero-order chi connectivity index (χ0) is 18.1. The first-order valence-corrected chi connectivity index (χ1v) is 8.98. The summed E-state index contributed by atoms with van der Waals surface area (Å²) >= 11 is 0. The molecule has 1 unspecified atom stereocenters. The third-order valence-electron chi connectivity index (χ3n) is 5.34. The Morgan fingerprint density at radius 2 is 1.88 bits per heavy atom. The molecule has 25 heavy (non-hydrogen) atoms. The van der Waals surface area contributed by atoms with Crippen LogP contribution in [0.3, 0.4) is 0 Å². The summed E-state index contributed by atoms with van der Waals surface area (Å²) in [6, 6.07) is -0.492. The molecular weight excluding hydrogens is 320 g/mol. The van der Waals surface area contributed by atoms with Gasteiger partial charge in [-0.2, -0.15) is 0 Å². The van der Waals surface area contributed by atoms with E-state index in [0.717, 1.165) is 43.5 Å². The molecule has 1 aromatic heterocycles. The second-order valence-corrected chi connectivity index (χ2v) is 7.50. The van der Waals surface area contributed by atoms with Crippen molar-refractivity contribution in [1.29, 1.82) is 0 Å². The first-order chi connectivity index (χ1) is 11.9. The van der Waals surface area contributed by atoms with Crippen molar-refractivity contribution in [3.05, 3.63) is 11.6 Å². The van der Waals surface area contributed by atoms with E-state index in [1.807, 2.05) is 11.5 Å². The van der Waals surface area contributed by atoms with E-state index >= 15 is 0 Å². The molecule has 0 bridgehead atoms. The topological polar surface area (TPSA) is 74.6 Å². The minimum atomic E-state index is -0.492. The van der Waals surface area contributed by atoms with Crippen LogP contribution >= 0.6 is 0 Å². The van der Waals surface area contributed by atoms with Gasteiger partial charge in [-0.15, -0.1) is 10.2 Å². The quantitative estimate of drug-likeness (QED) is 0.775. The van der Waals surface area contributed by atoms with Crippen LogP contribution in [0.15, 0.2) is 0 Å². The monoisotopic (exact) mass is 348 g/mol. The maximum atomic E-state index is 13.0. The largest absolute Gasteiger partial charge is 0.347 e. The molecule has 1 fully saturated rings. The predicted octanol–water partition coefficient (Wildman–Crippen LogP) is 0.117. The molecule has 0 radical (unpaired) electrons. The molecule has 2 aliphatic heterocycles. The van der Waals surface area contributed by atoms with Crippen molar-refractivity contribution in [3.63, 3.8) is 0 Å². The highest BCUT2D eigenvalue weighted by Crippen LogP contribution is 2.21. The van der Waals surface area contributed by atoms with E-state index in [0.29, 0.717) is 19.6 Å². The molecule has 3 rings (SSSR count). The van der Waals surface area contributed by atoms with Gasteiger partial charge in [0, 0.05) is 14.1 Å². The summed E-state index contributed by atoms with van der Waals surface area (Å²) in [5, 5.41) is 8.26. The molecule has 0 aliphatic carbocycles. The van der Waals surface area contributed by atoms with E-state index in [1.165, 1.54) is 0 Å². The molecule has 3 heterocycles. The van der Waals surface area contributed by atoms with Gasteiger partial charge < -0.3 is 14.4 Å². The van der Waals surface area contributed by atoms with Gasteiger partial charge in [-0.1, -0.05) is 6.92 Å². The van der Waals surface area contributed by atoms with Gasteiger partial charge in [0.1, 0.15) is 11.9 Å². The lowest BCUT2D eigenvalue weighted by Crippen LogP contribution is -2.56. The molecular formula is C17H28N6O2. The molecule has 1 atom stereocenters. The van der Waals surface area contributed by atoms with E-state index in [-0.39, 0.29) is 11.8 Å². The van der Waals surface area contributed by atoms with Crippen molar-refractivity contribution in [2.75, 3.05) is 33.7 Å². The molecule has 0 spiro atoms. The van der Waals surface area contributed by atoms with Gasteiger partial charge in [-0.05, 0) is 38.8 Å². The molecule has 2 aliphatic rings. The van der Waals surface area contributed by atoms with Gasteiger partial charge in [-0.25, -0.2) is 0 Å². The van der Waals surface area contributed by atoms with E-state index < -0.39 is 6.04 Å². The van der Waals surface area contributed by atoms with E-state index in [2.05, 4.69) is 22.0 Å². The molecule has 1 aromatic rings. The van der Waals surface area contributed by atoms with Crippen molar-refractivity contribution in [3.8, 4) is 0 Å². The first-order valence-electron chi connectivity index (χ1n) is 8.98. The fourth-order valence-electron chi connectivity index (χ4n) is 3.59. The lowest BCUT2D eigenvalue weighted by molar-refractivity contribution is -0.147. The number of hydrogen-bond acceptors (Lipinski definition) is 5. The maximum absolute atomic E-state index is 13.0. The Hall–Kier alpha value is -1.96. The standard InChI is InChI=1S/C17H28N6O2/c1-12-5-7-21(8-6-12)11-16(24)23-10-15-19-18-13(2)22(15)9-14(23)17(25)20(3)4/h12,14H,5-11H2,1-4H3. The zero-order valence-corrected chi connectivity index (χ0v) is 15.6. The summed E-state index contributed by atoms with van der Waals surface area (Å²) < 4.78 is 1.94. The molecule has 8 heteroatoms. The van der Waals surface area contributed by atoms with Crippen molar-refractivity contribution >= 4 is 11.8 Å². The summed E-state index contributed by atoms with van der Waals surface area (Å²) in [7, 11) is 3.46. The highest BCUT2D eigenvalue weighted by Gasteiger charge is 2.37. The van der Waals surface area contributed by atoms with Crippen LogP contribution in [0.1, 0.15) is 31.4 Å². The summed E-state index contributed by atoms with van der Waals surface area (Å²) in [4.78, 5) is 31.0. The van der Waals surface area contributed by atoms with Crippen LogP contribution in [0, 0.1) is 12.8 Å². The Kier molecular flexibility index (Phi) is 5.08. The maximum Gasteiger partial charge on any atom is 0.246 e. The molecule has 0 aromatic carbocycles. The predicted molar refractivity (Wildman–Crippen MR) is 92.6 cm³/mol. The summed E-state index contributed by atoms with van der Waals surface area (Å²) in [6.45, 7) is 7.16. The van der Waals surface area contributed by atoms with Crippen molar-refractivity contribution in [2.24, 2.45) is 5.92 Å². The summed E-state index contributed by atoms with van der Waals surface area (Å²) in [5.41, 5.74) is 0. The van der Waals surface area contributed by atoms with Crippen molar-refractivity contribution in [2.45, 2.75) is 45.8 Å². The highest BCUT2D eigenvalue weighted by atomic mass is 16.2. The van der Waals surface area contributed by atoms with Crippen molar-refractivity contribution < 1.29 is 9.59 Å². The van der Waals surface area contributed by atoms with Crippen molar-refractivity contribution in [1.82, 2.24) is 29.5 Å². The highest BCUT2D eigenvalue weighted by molar-refractivity contribution is 5.88. The first kappa shape index (κ1) is 17.8. The number of hydrogen-bond donors (Lipinski definition) is 0. The van der Waals surface area contributed by atoms with Gasteiger partial charge >= 0.3 is 0 Å². The number of carbonyl (C=O) groups is 2. The number of likely N-dealkylation sites (tertiary alicyclic amines) is 1. The van der Waals surface area contributed by atoms with Crippen LogP contribution in [0.2, 0.25) is 0 Å². The third kappa shape index (κ3) is 3.68. The molecule has 2 amide bonds. The number of carbonyl (C=O) groups excluding carboxylic acids is 2. The zero-order valence-electron chi connectivity index (χ0n) is 15.6. The van der Waals surface area contributed by atoms with Gasteiger partial charge in [0.2, 0.25) is 11.8 Å². The van der Waals surface area contributed by atoms with Crippen LogP contribution in [0.25, 0.3) is 0 Å². The number of fused-ring (bicyclic) bond motifs is 1. The number of nitrogens with zero attached hydrogens (tertiary/aromatic N) is 6. The van der Waals surface area contributed by atoms with Crippen LogP contribution in [-0.2, 0) is 22.7 Å². The number of likely N-dealkylation sites (N-methyl/N-ethyl adjacent to an activating group) is 1. The fourth-order valence-corrected chi connectivity index (χ4v) is 3.59. The Bertz CT molecular complexity index is 648. The van der Waals surface area contributed by atoms with Crippen LogP contribution in [0.4, 0.5) is 0 Å².